The molecule has 0 spiro atoms. The highest BCUT2D eigenvalue weighted by Gasteiger charge is 2.55. The first-order valence-corrected chi connectivity index (χ1v) is 16.3. The van der Waals surface area contributed by atoms with E-state index in [0.717, 1.165) is 37.5 Å². The molecular formula is C33H36INO7S. The molecule has 5 rings (SSSR count). The van der Waals surface area contributed by atoms with Gasteiger partial charge in [-0.15, -0.1) is 11.8 Å². The first-order valence-electron chi connectivity index (χ1n) is 14.2. The molecule has 2 aliphatic heterocycles. The average Bonchev–Trinajstić information content (AvgIpc) is 3.05. The third-order valence-electron chi connectivity index (χ3n) is 7.48. The largest absolute Gasteiger partial charge is 0.497 e. The van der Waals surface area contributed by atoms with E-state index >= 15 is 0 Å². The molecule has 2 aliphatic rings. The van der Waals surface area contributed by atoms with Gasteiger partial charge in [-0.2, -0.15) is 5.26 Å². The van der Waals surface area contributed by atoms with E-state index in [1.165, 1.54) is 0 Å². The molecule has 0 radical (unpaired) electrons. The Bertz CT molecular complexity index is 1370. The van der Waals surface area contributed by atoms with Gasteiger partial charge < -0.3 is 33.2 Å². The van der Waals surface area contributed by atoms with Crippen molar-refractivity contribution in [2.75, 3.05) is 26.6 Å². The van der Waals surface area contributed by atoms with Crippen LogP contribution in [0.2, 0.25) is 0 Å². The molecule has 0 aliphatic carbocycles. The minimum atomic E-state index is -1.49. The Kier molecular flexibility index (Phi) is 11.2. The number of nitriles is 1. The zero-order valence-corrected chi connectivity index (χ0v) is 27.4. The Morgan fingerprint density at radius 2 is 1.51 bits per heavy atom. The summed E-state index contributed by atoms with van der Waals surface area (Å²) in [7, 11) is 3.29. The number of rotatable bonds is 12. The smallest absolute Gasteiger partial charge is 0.264 e. The molecule has 8 nitrogen and oxygen atoms in total. The molecule has 43 heavy (non-hydrogen) atoms. The van der Waals surface area contributed by atoms with Gasteiger partial charge in [0.15, 0.2) is 0 Å². The maximum absolute atomic E-state index is 10.4. The number of hydrogen-bond acceptors (Lipinski definition) is 9. The van der Waals surface area contributed by atoms with Crippen molar-refractivity contribution < 1.29 is 33.2 Å². The summed E-state index contributed by atoms with van der Waals surface area (Å²) in [5.74, 6) is 0.895. The van der Waals surface area contributed by atoms with Gasteiger partial charge >= 0.3 is 0 Å². The molecule has 0 amide bonds. The molecule has 2 saturated heterocycles. The number of methoxy groups -OCH3 is 2. The van der Waals surface area contributed by atoms with Crippen LogP contribution in [0.3, 0.4) is 0 Å². The fraction of sp³-hybridized carbons (Fsp3) is 0.424. The summed E-state index contributed by atoms with van der Waals surface area (Å²) in [6.07, 6.45) is -1.75. The molecule has 0 bridgehead atoms. The predicted octanol–water partition coefficient (Wildman–Crippen LogP) is 6.13. The summed E-state index contributed by atoms with van der Waals surface area (Å²) in [6.45, 7) is 2.96. The summed E-state index contributed by atoms with van der Waals surface area (Å²) < 4.78 is 44.2. The molecule has 2 heterocycles. The van der Waals surface area contributed by atoms with Crippen LogP contribution in [0.5, 0.6) is 11.5 Å². The van der Waals surface area contributed by atoms with Crippen molar-refractivity contribution in [1.82, 2.24) is 0 Å². The molecule has 2 fully saturated rings. The van der Waals surface area contributed by atoms with E-state index < -0.39 is 30.2 Å². The van der Waals surface area contributed by atoms with E-state index in [2.05, 4.69) is 35.6 Å². The third kappa shape index (κ3) is 7.84. The van der Waals surface area contributed by atoms with Crippen LogP contribution in [0.1, 0.15) is 23.6 Å². The monoisotopic (exact) mass is 717 g/mol. The average molecular weight is 718 g/mol. The van der Waals surface area contributed by atoms with E-state index in [1.807, 2.05) is 72.8 Å². The van der Waals surface area contributed by atoms with Crippen molar-refractivity contribution in [3.63, 3.8) is 0 Å². The molecule has 0 aromatic heterocycles. The lowest BCUT2D eigenvalue weighted by Crippen LogP contribution is -2.66. The van der Waals surface area contributed by atoms with E-state index in [0.29, 0.717) is 13.2 Å². The molecule has 0 saturated carbocycles. The first-order chi connectivity index (χ1) is 21.0. The van der Waals surface area contributed by atoms with Gasteiger partial charge in [-0.1, -0.05) is 49.4 Å². The standard InChI is InChI=1S/C33H36INO7S/c1-4-43-32-31(39-19-23-11-15-26(37-3)16-12-23)30(38-18-22-9-13-25(36-2)14-10-22)29-28(41-32)20-40-33(21-35,42-29)17-24-7-5-6-8-27(24)34/h5-16,28-32H,4,17-20H2,1-3H3/t28-,29-,30+,31-,32+,33+/m1/s1. The molecule has 0 N–H and O–H groups in total. The van der Waals surface area contributed by atoms with Gasteiger partial charge in [-0.25, -0.2) is 0 Å². The summed E-state index contributed by atoms with van der Waals surface area (Å²) >= 11 is 3.93. The second kappa shape index (κ2) is 15.1. The Morgan fingerprint density at radius 1 is 0.907 bits per heavy atom. The minimum absolute atomic E-state index is 0.204. The second-order valence-corrected chi connectivity index (χ2v) is 12.8. The summed E-state index contributed by atoms with van der Waals surface area (Å²) in [6, 6.07) is 25.8. The van der Waals surface area contributed by atoms with E-state index in [1.54, 1.807) is 26.0 Å². The van der Waals surface area contributed by atoms with Crippen LogP contribution in [-0.4, -0.2) is 62.2 Å². The number of nitrogens with zero attached hydrogens (tertiary/aromatic N) is 1. The van der Waals surface area contributed by atoms with Crippen LogP contribution in [0.15, 0.2) is 72.8 Å². The van der Waals surface area contributed by atoms with E-state index in [-0.39, 0.29) is 18.5 Å². The summed E-state index contributed by atoms with van der Waals surface area (Å²) in [5, 5.41) is 10.4. The predicted molar refractivity (Wildman–Crippen MR) is 172 cm³/mol. The topological polar surface area (TPSA) is 88.4 Å². The Hall–Kier alpha value is -2.37. The molecule has 3 aromatic carbocycles. The van der Waals surface area contributed by atoms with Gasteiger partial charge in [0.2, 0.25) is 0 Å². The van der Waals surface area contributed by atoms with Crippen molar-refractivity contribution in [1.29, 1.82) is 5.26 Å². The number of halogens is 1. The SMILES string of the molecule is CCS[C@@H]1O[C@@H]2CO[C@@](C#N)(Cc3ccccc3I)O[C@H]2[C@H](OCc2ccc(OC)cc2)[C@H]1OCc1ccc(OC)cc1. The number of fused-ring (bicyclic) bond motifs is 1. The highest BCUT2D eigenvalue weighted by Crippen LogP contribution is 2.40. The number of benzene rings is 3. The fourth-order valence-corrected chi connectivity index (χ4v) is 6.75. The first kappa shape index (κ1) is 32.0. The highest BCUT2D eigenvalue weighted by atomic mass is 127. The van der Waals surface area contributed by atoms with Crippen LogP contribution < -0.4 is 9.47 Å². The van der Waals surface area contributed by atoms with Crippen molar-refractivity contribution in [3.8, 4) is 17.6 Å². The Morgan fingerprint density at radius 3 is 2.07 bits per heavy atom. The van der Waals surface area contributed by atoms with Crippen molar-refractivity contribution in [2.45, 2.75) is 62.2 Å². The van der Waals surface area contributed by atoms with Crippen molar-refractivity contribution >= 4 is 34.4 Å². The number of ether oxygens (including phenoxy) is 7. The zero-order valence-electron chi connectivity index (χ0n) is 24.4. The molecule has 6 atom stereocenters. The Balaban J connectivity index is 1.43. The summed E-state index contributed by atoms with van der Waals surface area (Å²) in [4.78, 5) is 0. The number of hydrogen-bond donors (Lipinski definition) is 0. The highest BCUT2D eigenvalue weighted by molar-refractivity contribution is 14.1. The summed E-state index contributed by atoms with van der Waals surface area (Å²) in [5.41, 5.74) is 2.63. The van der Waals surface area contributed by atoms with Gasteiger partial charge in [0.1, 0.15) is 47.4 Å². The van der Waals surface area contributed by atoms with Gasteiger partial charge in [-0.05, 0) is 75.4 Å². The lowest BCUT2D eigenvalue weighted by Gasteiger charge is -2.50. The van der Waals surface area contributed by atoms with Gasteiger partial charge in [0, 0.05) is 9.99 Å². The van der Waals surface area contributed by atoms with E-state index in [4.69, 9.17) is 33.2 Å². The normalized spacial score (nSPS) is 26.7. The molecule has 0 unspecified atom stereocenters. The van der Waals surface area contributed by atoms with Crippen LogP contribution >= 0.6 is 34.4 Å². The maximum Gasteiger partial charge on any atom is 0.264 e. The number of thioether (sulfide) groups is 1. The molecular weight excluding hydrogens is 681 g/mol. The van der Waals surface area contributed by atoms with Crippen LogP contribution in [0, 0.1) is 14.9 Å². The quantitative estimate of drug-likeness (QED) is 0.205. The van der Waals surface area contributed by atoms with Crippen LogP contribution in [0.4, 0.5) is 0 Å². The van der Waals surface area contributed by atoms with Crippen molar-refractivity contribution in [2.24, 2.45) is 0 Å². The fourth-order valence-electron chi connectivity index (χ4n) is 5.20. The van der Waals surface area contributed by atoms with Gasteiger partial charge in [-0.3, -0.25) is 0 Å². The van der Waals surface area contributed by atoms with Crippen LogP contribution in [-0.2, 0) is 43.3 Å². The second-order valence-electron chi connectivity index (χ2n) is 10.3. The molecule has 10 heteroatoms. The zero-order chi connectivity index (χ0) is 30.2. The van der Waals surface area contributed by atoms with E-state index in [9.17, 15) is 5.26 Å². The van der Waals surface area contributed by atoms with Crippen molar-refractivity contribution in [3.05, 3.63) is 93.1 Å². The maximum atomic E-state index is 10.4. The Labute approximate surface area is 271 Å². The van der Waals surface area contributed by atoms with Crippen LogP contribution in [0.25, 0.3) is 0 Å². The lowest BCUT2D eigenvalue weighted by atomic mass is 9.96. The molecule has 3 aromatic rings. The third-order valence-corrected chi connectivity index (χ3v) is 9.58. The van der Waals surface area contributed by atoms with Gasteiger partial charge in [0.05, 0.1) is 34.0 Å². The lowest BCUT2D eigenvalue weighted by molar-refractivity contribution is -0.350. The minimum Gasteiger partial charge on any atom is -0.497 e. The van der Waals surface area contributed by atoms with Gasteiger partial charge in [0.25, 0.3) is 5.79 Å². The molecule has 228 valence electrons.